The summed E-state index contributed by atoms with van der Waals surface area (Å²) in [4.78, 5) is 7.09. The van der Waals surface area contributed by atoms with Gasteiger partial charge in [0.05, 0.1) is 5.75 Å². The number of benzene rings is 1. The summed E-state index contributed by atoms with van der Waals surface area (Å²) in [5.74, 6) is 1.52. The standard InChI is InChI=1S/C26H40N2O3S/c1-3-5-7-11-22-20-23-12-10-15-27-26(23)25(21-22)31-24-13-17-28(18-14-24)16-8-6-9-19-32(29,30)4-2/h10,12,15,20-21,24H,3-9,11,13-14,16-19H2,1-2H3. The van der Waals surface area contributed by atoms with Gasteiger partial charge in [0.2, 0.25) is 0 Å². The van der Waals surface area contributed by atoms with E-state index in [1.165, 1.54) is 30.2 Å². The number of fused-ring (bicyclic) bond motifs is 1. The first-order valence-corrected chi connectivity index (χ1v) is 14.3. The molecule has 0 radical (unpaired) electrons. The van der Waals surface area contributed by atoms with Crippen LogP contribution in [0.4, 0.5) is 0 Å². The predicted octanol–water partition coefficient (Wildman–Crippen LogP) is 5.42. The molecule has 1 aromatic carbocycles. The highest BCUT2D eigenvalue weighted by Crippen LogP contribution is 2.29. The van der Waals surface area contributed by atoms with E-state index >= 15 is 0 Å². The van der Waals surface area contributed by atoms with Crippen molar-refractivity contribution in [3.63, 3.8) is 0 Å². The molecule has 1 fully saturated rings. The molecule has 0 N–H and O–H groups in total. The molecule has 0 bridgehead atoms. The minimum Gasteiger partial charge on any atom is -0.488 e. The summed E-state index contributed by atoms with van der Waals surface area (Å²) < 4.78 is 29.7. The topological polar surface area (TPSA) is 59.5 Å². The van der Waals surface area contributed by atoms with Crippen LogP contribution >= 0.6 is 0 Å². The lowest BCUT2D eigenvalue weighted by Gasteiger charge is -2.32. The van der Waals surface area contributed by atoms with Crippen LogP contribution in [0.1, 0.15) is 70.8 Å². The van der Waals surface area contributed by atoms with E-state index in [9.17, 15) is 8.42 Å². The van der Waals surface area contributed by atoms with Gasteiger partial charge in [0, 0.05) is 30.4 Å². The average Bonchev–Trinajstić information content (AvgIpc) is 2.80. The molecule has 1 aromatic heterocycles. The number of rotatable bonds is 13. The summed E-state index contributed by atoms with van der Waals surface area (Å²) in [7, 11) is -2.82. The summed E-state index contributed by atoms with van der Waals surface area (Å²) >= 11 is 0. The van der Waals surface area contributed by atoms with Crippen LogP contribution < -0.4 is 4.74 Å². The zero-order chi connectivity index (χ0) is 22.8. The molecule has 5 nitrogen and oxygen atoms in total. The maximum Gasteiger partial charge on any atom is 0.150 e. The van der Waals surface area contributed by atoms with Gasteiger partial charge in [-0.3, -0.25) is 4.98 Å². The van der Waals surface area contributed by atoms with E-state index in [0.29, 0.717) is 5.75 Å². The number of aromatic nitrogens is 1. The molecule has 1 saturated heterocycles. The second-order valence-corrected chi connectivity index (χ2v) is 11.6. The molecule has 178 valence electrons. The number of unbranched alkanes of at least 4 members (excludes halogenated alkanes) is 4. The molecule has 0 saturated carbocycles. The van der Waals surface area contributed by atoms with Crippen molar-refractivity contribution in [3.05, 3.63) is 36.0 Å². The maximum atomic E-state index is 11.6. The summed E-state index contributed by atoms with van der Waals surface area (Å²) in [6.45, 7) is 7.10. The van der Waals surface area contributed by atoms with Crippen LogP contribution in [0.15, 0.2) is 30.5 Å². The van der Waals surface area contributed by atoms with Gasteiger partial charge in [0.15, 0.2) is 0 Å². The fourth-order valence-corrected chi connectivity index (χ4v) is 5.37. The number of hydrogen-bond donors (Lipinski definition) is 0. The summed E-state index contributed by atoms with van der Waals surface area (Å²) in [5, 5.41) is 1.17. The Bertz CT molecular complexity index is 937. The van der Waals surface area contributed by atoms with Gasteiger partial charge in [0.1, 0.15) is 27.2 Å². The molecular formula is C26H40N2O3S. The van der Waals surface area contributed by atoms with E-state index in [1.54, 1.807) is 6.92 Å². The van der Waals surface area contributed by atoms with E-state index in [1.807, 2.05) is 12.3 Å². The minimum atomic E-state index is -2.82. The lowest BCUT2D eigenvalue weighted by atomic mass is 10.0. The van der Waals surface area contributed by atoms with Crippen LogP contribution in [0.25, 0.3) is 10.9 Å². The smallest absolute Gasteiger partial charge is 0.150 e. The number of ether oxygens (including phenoxy) is 1. The van der Waals surface area contributed by atoms with Gasteiger partial charge in [-0.05, 0) is 68.8 Å². The number of hydrogen-bond acceptors (Lipinski definition) is 5. The van der Waals surface area contributed by atoms with Crippen molar-refractivity contribution in [2.24, 2.45) is 0 Å². The van der Waals surface area contributed by atoms with E-state index < -0.39 is 9.84 Å². The van der Waals surface area contributed by atoms with Crippen molar-refractivity contribution in [2.45, 2.75) is 77.7 Å². The Labute approximate surface area is 194 Å². The Kier molecular flexibility index (Phi) is 9.79. The van der Waals surface area contributed by atoms with Crippen LogP contribution in [0.2, 0.25) is 0 Å². The van der Waals surface area contributed by atoms with Crippen LogP contribution in [-0.4, -0.2) is 55.5 Å². The quantitative estimate of drug-likeness (QED) is 0.374. The second-order valence-electron chi connectivity index (χ2n) is 9.08. The third kappa shape index (κ3) is 7.73. The van der Waals surface area contributed by atoms with Crippen molar-refractivity contribution < 1.29 is 13.2 Å². The molecule has 6 heteroatoms. The molecule has 1 aliphatic heterocycles. The molecule has 0 atom stereocenters. The second kappa shape index (κ2) is 12.5. The Morgan fingerprint density at radius 3 is 2.62 bits per heavy atom. The van der Waals surface area contributed by atoms with Crippen molar-refractivity contribution in [1.82, 2.24) is 9.88 Å². The summed E-state index contributed by atoms with van der Waals surface area (Å²) in [5.41, 5.74) is 2.31. The highest BCUT2D eigenvalue weighted by Gasteiger charge is 2.21. The van der Waals surface area contributed by atoms with E-state index in [2.05, 4.69) is 35.0 Å². The molecule has 0 aliphatic carbocycles. The van der Waals surface area contributed by atoms with Gasteiger partial charge < -0.3 is 9.64 Å². The fourth-order valence-electron chi connectivity index (χ4n) is 4.44. The molecule has 0 spiro atoms. The van der Waals surface area contributed by atoms with Crippen molar-refractivity contribution in [2.75, 3.05) is 31.1 Å². The van der Waals surface area contributed by atoms with Crippen molar-refractivity contribution in [3.8, 4) is 5.75 Å². The van der Waals surface area contributed by atoms with Gasteiger partial charge in [-0.1, -0.05) is 39.2 Å². The largest absolute Gasteiger partial charge is 0.488 e. The molecule has 0 unspecified atom stereocenters. The minimum absolute atomic E-state index is 0.233. The van der Waals surface area contributed by atoms with Gasteiger partial charge in [-0.25, -0.2) is 8.42 Å². The Balaban J connectivity index is 1.48. The van der Waals surface area contributed by atoms with Crippen molar-refractivity contribution in [1.29, 1.82) is 0 Å². The SMILES string of the molecule is CCCCCc1cc(OC2CCN(CCCCCS(=O)(=O)CC)CC2)c2ncccc2c1. The molecule has 1 aliphatic rings. The summed E-state index contributed by atoms with van der Waals surface area (Å²) in [6, 6.07) is 8.60. The Morgan fingerprint density at radius 1 is 1.06 bits per heavy atom. The number of aryl methyl sites for hydroxylation is 1. The third-order valence-electron chi connectivity index (χ3n) is 6.50. The van der Waals surface area contributed by atoms with Crippen LogP contribution in [0.3, 0.4) is 0 Å². The lowest BCUT2D eigenvalue weighted by Crippen LogP contribution is -2.38. The van der Waals surface area contributed by atoms with E-state index in [4.69, 9.17) is 4.74 Å². The number of pyridine rings is 1. The number of nitrogens with zero attached hydrogens (tertiary/aromatic N) is 2. The van der Waals surface area contributed by atoms with Crippen LogP contribution in [-0.2, 0) is 16.3 Å². The average molecular weight is 461 g/mol. The Hall–Kier alpha value is -1.66. The predicted molar refractivity (Wildman–Crippen MR) is 133 cm³/mol. The van der Waals surface area contributed by atoms with Crippen LogP contribution in [0, 0.1) is 0 Å². The zero-order valence-corrected chi connectivity index (χ0v) is 20.7. The number of piperidine rings is 1. The van der Waals surface area contributed by atoms with Gasteiger partial charge >= 0.3 is 0 Å². The summed E-state index contributed by atoms with van der Waals surface area (Å²) in [6.07, 6.45) is 11.8. The van der Waals surface area contributed by atoms with Crippen molar-refractivity contribution >= 4 is 20.7 Å². The molecule has 0 amide bonds. The lowest BCUT2D eigenvalue weighted by molar-refractivity contribution is 0.101. The van der Waals surface area contributed by atoms with E-state index in [-0.39, 0.29) is 11.9 Å². The molecular weight excluding hydrogens is 420 g/mol. The zero-order valence-electron chi connectivity index (χ0n) is 19.9. The first-order chi connectivity index (χ1) is 15.5. The van der Waals surface area contributed by atoms with Gasteiger partial charge in [0.25, 0.3) is 0 Å². The fraction of sp³-hybridized carbons (Fsp3) is 0.654. The van der Waals surface area contributed by atoms with E-state index in [0.717, 1.165) is 69.4 Å². The Morgan fingerprint density at radius 2 is 1.88 bits per heavy atom. The molecule has 32 heavy (non-hydrogen) atoms. The maximum absolute atomic E-state index is 11.6. The van der Waals surface area contributed by atoms with Gasteiger partial charge in [-0.2, -0.15) is 0 Å². The number of sulfone groups is 1. The molecule has 2 heterocycles. The molecule has 2 aromatic rings. The normalized spacial score (nSPS) is 15.9. The highest BCUT2D eigenvalue weighted by atomic mass is 32.2. The third-order valence-corrected chi connectivity index (χ3v) is 8.29. The first kappa shape index (κ1) is 25.0. The highest BCUT2D eigenvalue weighted by molar-refractivity contribution is 7.91. The first-order valence-electron chi connectivity index (χ1n) is 12.5. The van der Waals surface area contributed by atoms with Gasteiger partial charge in [-0.15, -0.1) is 0 Å². The number of likely N-dealkylation sites (tertiary alicyclic amines) is 1. The van der Waals surface area contributed by atoms with Crippen LogP contribution in [0.5, 0.6) is 5.75 Å². The monoisotopic (exact) mass is 460 g/mol. The molecule has 3 rings (SSSR count).